The van der Waals surface area contributed by atoms with E-state index in [1.807, 2.05) is 34.6 Å². The molecule has 0 amide bonds. The van der Waals surface area contributed by atoms with Gasteiger partial charge in [-0.3, -0.25) is 0 Å². The Morgan fingerprint density at radius 2 is 1.89 bits per heavy atom. The number of aliphatic hydroxyl groups is 1. The van der Waals surface area contributed by atoms with Crippen LogP contribution in [0.1, 0.15) is 34.6 Å². The number of ether oxygens (including phenoxy) is 1. The van der Waals surface area contributed by atoms with Gasteiger partial charge in [0.2, 0.25) is 5.88 Å². The van der Waals surface area contributed by atoms with E-state index in [1.54, 1.807) is 12.1 Å². The molecule has 19 heavy (non-hydrogen) atoms. The molecule has 108 valence electrons. The maximum Gasteiger partial charge on any atom is 0.239 e. The largest absolute Gasteiger partial charge is 0.470 e. The smallest absolute Gasteiger partial charge is 0.239 e. The quantitative estimate of drug-likeness (QED) is 0.762. The van der Waals surface area contributed by atoms with E-state index in [1.165, 1.54) is 0 Å². The summed E-state index contributed by atoms with van der Waals surface area (Å²) < 4.78 is 5.71. The van der Waals surface area contributed by atoms with Crippen LogP contribution in [0.15, 0.2) is 12.1 Å². The van der Waals surface area contributed by atoms with E-state index in [-0.39, 0.29) is 17.6 Å². The molecule has 1 heterocycles. The summed E-state index contributed by atoms with van der Waals surface area (Å²) in [6.07, 6.45) is 0. The highest BCUT2D eigenvalue weighted by molar-refractivity contribution is 5.53. The standard InChI is InChI=1S/C14H25N3O2/c1-13(2,3)19-12-10(15)6-7-11(17-12)16-8-14(4,5)9-18/h6-7,18H,8-9,15H2,1-5H3,(H,16,17). The van der Waals surface area contributed by atoms with Crippen molar-refractivity contribution in [1.29, 1.82) is 0 Å². The second-order valence-corrected chi connectivity index (χ2v) is 6.48. The molecule has 0 aromatic carbocycles. The fourth-order valence-corrected chi connectivity index (χ4v) is 1.31. The Labute approximate surface area is 115 Å². The van der Waals surface area contributed by atoms with E-state index in [4.69, 9.17) is 10.5 Å². The average Bonchev–Trinajstić information content (AvgIpc) is 2.28. The van der Waals surface area contributed by atoms with Crippen LogP contribution in [-0.2, 0) is 0 Å². The molecule has 1 aromatic heterocycles. The molecule has 0 saturated carbocycles. The predicted octanol–water partition coefficient (Wildman–Crippen LogP) is 2.27. The second kappa shape index (κ2) is 5.65. The molecule has 1 aromatic rings. The molecule has 5 heteroatoms. The fraction of sp³-hybridized carbons (Fsp3) is 0.643. The Kier molecular flexibility index (Phi) is 4.63. The molecule has 0 atom stereocenters. The first kappa shape index (κ1) is 15.6. The van der Waals surface area contributed by atoms with Crippen LogP contribution < -0.4 is 15.8 Å². The molecule has 0 aliphatic heterocycles. The molecule has 4 N–H and O–H groups in total. The van der Waals surface area contributed by atoms with E-state index in [2.05, 4.69) is 10.3 Å². The number of nitrogens with one attached hydrogen (secondary N) is 1. The number of nitrogens with zero attached hydrogens (tertiary/aromatic N) is 1. The molecule has 1 rings (SSSR count). The van der Waals surface area contributed by atoms with Crippen molar-refractivity contribution in [3.8, 4) is 5.88 Å². The van der Waals surface area contributed by atoms with Crippen LogP contribution >= 0.6 is 0 Å². The topological polar surface area (TPSA) is 80.4 Å². The van der Waals surface area contributed by atoms with Crippen LogP contribution in [0.4, 0.5) is 11.5 Å². The van der Waals surface area contributed by atoms with Crippen molar-refractivity contribution in [2.45, 2.75) is 40.2 Å². The van der Waals surface area contributed by atoms with Gasteiger partial charge in [0.05, 0.1) is 5.69 Å². The van der Waals surface area contributed by atoms with Crippen LogP contribution in [0.5, 0.6) is 5.88 Å². The molecule has 0 aliphatic carbocycles. The number of rotatable bonds is 5. The number of anilines is 2. The van der Waals surface area contributed by atoms with Gasteiger partial charge in [-0.2, -0.15) is 4.98 Å². The third-order valence-electron chi connectivity index (χ3n) is 2.47. The van der Waals surface area contributed by atoms with Gasteiger partial charge >= 0.3 is 0 Å². The monoisotopic (exact) mass is 267 g/mol. The number of hydrogen-bond donors (Lipinski definition) is 3. The number of hydrogen-bond acceptors (Lipinski definition) is 5. The zero-order valence-electron chi connectivity index (χ0n) is 12.4. The van der Waals surface area contributed by atoms with Crippen LogP contribution in [0.25, 0.3) is 0 Å². The van der Waals surface area contributed by atoms with E-state index >= 15 is 0 Å². The van der Waals surface area contributed by atoms with Crippen molar-refractivity contribution < 1.29 is 9.84 Å². The van der Waals surface area contributed by atoms with Gasteiger partial charge < -0.3 is 20.9 Å². The summed E-state index contributed by atoms with van der Waals surface area (Å²) in [6.45, 7) is 10.5. The first-order valence-electron chi connectivity index (χ1n) is 6.43. The zero-order chi connectivity index (χ0) is 14.7. The Bertz CT molecular complexity index is 425. The van der Waals surface area contributed by atoms with Crippen molar-refractivity contribution in [2.75, 3.05) is 24.2 Å². The summed E-state index contributed by atoms with van der Waals surface area (Å²) in [5.41, 5.74) is 5.82. The van der Waals surface area contributed by atoms with Crippen LogP contribution in [-0.4, -0.2) is 28.8 Å². The van der Waals surface area contributed by atoms with Crippen LogP contribution in [0, 0.1) is 5.41 Å². The lowest BCUT2D eigenvalue weighted by Crippen LogP contribution is -2.27. The molecular weight excluding hydrogens is 242 g/mol. The molecule has 0 radical (unpaired) electrons. The van der Waals surface area contributed by atoms with Gasteiger partial charge in [-0.25, -0.2) is 0 Å². The molecule has 0 saturated heterocycles. The number of aliphatic hydroxyl groups excluding tert-OH is 1. The Balaban J connectivity index is 2.79. The van der Waals surface area contributed by atoms with E-state index in [0.29, 0.717) is 23.9 Å². The number of nitrogens with two attached hydrogens (primary N) is 1. The molecular formula is C14H25N3O2. The predicted molar refractivity (Wildman–Crippen MR) is 78.4 cm³/mol. The lowest BCUT2D eigenvalue weighted by Gasteiger charge is -2.24. The first-order chi connectivity index (χ1) is 8.63. The molecule has 0 fully saturated rings. The van der Waals surface area contributed by atoms with Gasteiger partial charge in [0.15, 0.2) is 0 Å². The minimum Gasteiger partial charge on any atom is -0.470 e. The number of nitrogen functional groups attached to an aromatic ring is 1. The maximum atomic E-state index is 9.22. The molecule has 0 spiro atoms. The van der Waals surface area contributed by atoms with Crippen molar-refractivity contribution in [3.63, 3.8) is 0 Å². The van der Waals surface area contributed by atoms with E-state index in [9.17, 15) is 5.11 Å². The summed E-state index contributed by atoms with van der Waals surface area (Å²) in [5, 5.41) is 12.4. The fourth-order valence-electron chi connectivity index (χ4n) is 1.31. The zero-order valence-corrected chi connectivity index (χ0v) is 12.4. The lowest BCUT2D eigenvalue weighted by atomic mass is 9.95. The van der Waals surface area contributed by atoms with E-state index in [0.717, 1.165) is 0 Å². The van der Waals surface area contributed by atoms with Gasteiger partial charge in [0.25, 0.3) is 0 Å². The minimum absolute atomic E-state index is 0.111. The third kappa shape index (κ3) is 5.34. The second-order valence-electron chi connectivity index (χ2n) is 6.48. The summed E-state index contributed by atoms with van der Waals surface area (Å²) in [6, 6.07) is 3.57. The highest BCUT2D eigenvalue weighted by Gasteiger charge is 2.18. The maximum absolute atomic E-state index is 9.22. The molecule has 0 bridgehead atoms. The molecule has 5 nitrogen and oxygen atoms in total. The van der Waals surface area contributed by atoms with Crippen molar-refractivity contribution in [1.82, 2.24) is 4.98 Å². The number of aromatic nitrogens is 1. The van der Waals surface area contributed by atoms with Crippen molar-refractivity contribution in [2.24, 2.45) is 5.41 Å². The van der Waals surface area contributed by atoms with Gasteiger partial charge in [-0.1, -0.05) is 13.8 Å². The average molecular weight is 267 g/mol. The summed E-state index contributed by atoms with van der Waals surface area (Å²) >= 11 is 0. The first-order valence-corrected chi connectivity index (χ1v) is 6.43. The molecule has 0 unspecified atom stereocenters. The minimum atomic E-state index is -0.343. The van der Waals surface area contributed by atoms with Gasteiger partial charge in [-0.05, 0) is 32.9 Å². The van der Waals surface area contributed by atoms with Crippen LogP contribution in [0.2, 0.25) is 0 Å². The van der Waals surface area contributed by atoms with Gasteiger partial charge in [-0.15, -0.1) is 0 Å². The van der Waals surface area contributed by atoms with Crippen molar-refractivity contribution >= 4 is 11.5 Å². The number of pyridine rings is 1. The van der Waals surface area contributed by atoms with Crippen molar-refractivity contribution in [3.05, 3.63) is 12.1 Å². The van der Waals surface area contributed by atoms with Gasteiger partial charge in [0.1, 0.15) is 11.4 Å². The normalized spacial score (nSPS) is 12.3. The SMILES string of the molecule is CC(C)(CO)CNc1ccc(N)c(OC(C)(C)C)n1. The van der Waals surface area contributed by atoms with Gasteiger partial charge in [0, 0.05) is 18.6 Å². The molecule has 0 aliphatic rings. The Morgan fingerprint density at radius 3 is 2.42 bits per heavy atom. The third-order valence-corrected chi connectivity index (χ3v) is 2.47. The highest BCUT2D eigenvalue weighted by Crippen LogP contribution is 2.25. The Hall–Kier alpha value is -1.49. The lowest BCUT2D eigenvalue weighted by molar-refractivity contribution is 0.125. The summed E-state index contributed by atoms with van der Waals surface area (Å²) in [5.74, 6) is 1.12. The Morgan fingerprint density at radius 1 is 1.26 bits per heavy atom. The summed E-state index contributed by atoms with van der Waals surface area (Å²) in [7, 11) is 0. The van der Waals surface area contributed by atoms with E-state index < -0.39 is 0 Å². The van der Waals surface area contributed by atoms with Crippen LogP contribution in [0.3, 0.4) is 0 Å². The highest BCUT2D eigenvalue weighted by atomic mass is 16.5. The summed E-state index contributed by atoms with van der Waals surface area (Å²) in [4.78, 5) is 4.36.